The Morgan fingerprint density at radius 2 is 1.08 bits per heavy atom. The van der Waals surface area contributed by atoms with E-state index in [4.69, 9.17) is 37.1 Å². The van der Waals surface area contributed by atoms with Gasteiger partial charge in [0.25, 0.3) is 0 Å². The highest BCUT2D eigenvalue weighted by molar-refractivity contribution is 5.00. The van der Waals surface area contributed by atoms with Crippen molar-refractivity contribution >= 4 is 0 Å². The van der Waals surface area contributed by atoms with Gasteiger partial charge >= 0.3 is 0 Å². The molecule has 39 heavy (non-hydrogen) atoms. The van der Waals surface area contributed by atoms with Gasteiger partial charge < -0.3 is 57.6 Å². The molecular weight excluding hydrogens is 516 g/mol. The second-order valence-corrected chi connectivity index (χ2v) is 10.2. The number of nitrogens with two attached hydrogens (primary N) is 4. The molecule has 0 saturated heterocycles. The summed E-state index contributed by atoms with van der Waals surface area (Å²) in [4.78, 5) is 0. The molecule has 2 aliphatic carbocycles. The van der Waals surface area contributed by atoms with Gasteiger partial charge in [-0.1, -0.05) is 10.4 Å². The monoisotopic (exact) mass is 556 g/mol. The van der Waals surface area contributed by atoms with Crippen LogP contribution < -0.4 is 22.9 Å². The van der Waals surface area contributed by atoms with Crippen molar-refractivity contribution in [3.63, 3.8) is 0 Å². The molecule has 12 N–H and O–H groups in total. The van der Waals surface area contributed by atoms with Crippen LogP contribution in [0, 0.1) is 0 Å². The van der Waals surface area contributed by atoms with Crippen LogP contribution in [0.3, 0.4) is 0 Å². The molecule has 0 radical (unpaired) electrons. The van der Waals surface area contributed by atoms with Crippen LogP contribution >= 0.6 is 0 Å². The summed E-state index contributed by atoms with van der Waals surface area (Å²) in [7, 11) is 0. The fourth-order valence-corrected chi connectivity index (χ4v) is 4.83. The van der Waals surface area contributed by atoms with E-state index in [1.165, 1.54) is 0 Å². The normalized spacial score (nSPS) is 35.4. The summed E-state index contributed by atoms with van der Waals surface area (Å²) in [5.41, 5.74) is 24.7. The van der Waals surface area contributed by atoms with Crippen molar-refractivity contribution < 1.29 is 34.6 Å². The first kappa shape index (κ1) is 29.8. The first-order valence-electron chi connectivity index (χ1n) is 13.0. The molecular formula is C22H40N10O7. The summed E-state index contributed by atoms with van der Waals surface area (Å²) in [6.45, 7) is 1.84. The minimum atomic E-state index is -1.17. The lowest BCUT2D eigenvalue weighted by Gasteiger charge is -2.39. The molecule has 4 rings (SSSR count). The highest BCUT2D eigenvalue weighted by atomic mass is 16.5. The van der Waals surface area contributed by atoms with Crippen LogP contribution in [0.5, 0.6) is 0 Å². The minimum absolute atomic E-state index is 0.0797. The Bertz CT molecular complexity index is 949. The SMILES string of the molecule is N[C@@H]1C[C@H](N)[C@@H](OCc2cn(CCOCCn3cc(CO[C@H]4[C@H](O)[C@@H](O)[C@H](N)C[C@@H]4N)nn3)nn2)[C@H](O)[C@H]1O. The van der Waals surface area contributed by atoms with E-state index in [-0.39, 0.29) is 13.2 Å². The highest BCUT2D eigenvalue weighted by Gasteiger charge is 2.42. The van der Waals surface area contributed by atoms with Crippen molar-refractivity contribution in [3.8, 4) is 0 Å². The summed E-state index contributed by atoms with van der Waals surface area (Å²) in [5, 5.41) is 56.5. The molecule has 2 aliphatic rings. The number of aliphatic hydroxyl groups is 4. The maximum absolute atomic E-state index is 10.2. The third-order valence-corrected chi connectivity index (χ3v) is 7.13. The van der Waals surface area contributed by atoms with Crippen molar-refractivity contribution in [1.29, 1.82) is 0 Å². The molecule has 0 aliphatic heterocycles. The Labute approximate surface area is 225 Å². The number of hydrogen-bond donors (Lipinski definition) is 8. The molecule has 0 amide bonds. The summed E-state index contributed by atoms with van der Waals surface area (Å²) >= 11 is 0. The average molecular weight is 557 g/mol. The van der Waals surface area contributed by atoms with Gasteiger partial charge in [0.2, 0.25) is 0 Å². The lowest BCUT2D eigenvalue weighted by Crippen LogP contribution is -2.61. The second kappa shape index (κ2) is 13.5. The molecule has 17 heteroatoms. The highest BCUT2D eigenvalue weighted by Crippen LogP contribution is 2.22. The number of rotatable bonds is 12. The molecule has 2 aromatic rings. The molecule has 2 fully saturated rings. The zero-order valence-corrected chi connectivity index (χ0v) is 21.6. The summed E-state index contributed by atoms with van der Waals surface area (Å²) < 4.78 is 20.3. The van der Waals surface area contributed by atoms with Gasteiger partial charge in [-0.05, 0) is 12.8 Å². The summed E-state index contributed by atoms with van der Waals surface area (Å²) in [5.74, 6) is 0. The van der Waals surface area contributed by atoms with Gasteiger partial charge in [-0.15, -0.1) is 10.2 Å². The molecule has 220 valence electrons. The van der Waals surface area contributed by atoms with E-state index in [0.717, 1.165) is 0 Å². The van der Waals surface area contributed by atoms with E-state index < -0.39 is 60.8 Å². The quantitative estimate of drug-likeness (QED) is 0.114. The molecule has 2 aromatic heterocycles. The van der Waals surface area contributed by atoms with Crippen molar-refractivity contribution in [1.82, 2.24) is 30.0 Å². The van der Waals surface area contributed by atoms with Crippen LogP contribution in [0.15, 0.2) is 12.4 Å². The molecule has 17 nitrogen and oxygen atoms in total. The third-order valence-electron chi connectivity index (χ3n) is 7.13. The molecule has 0 spiro atoms. The lowest BCUT2D eigenvalue weighted by molar-refractivity contribution is -0.132. The Morgan fingerprint density at radius 1 is 0.667 bits per heavy atom. The van der Waals surface area contributed by atoms with Gasteiger partial charge in [0.1, 0.15) is 35.8 Å². The van der Waals surface area contributed by atoms with Crippen molar-refractivity contribution in [2.75, 3.05) is 13.2 Å². The van der Waals surface area contributed by atoms with Gasteiger partial charge in [-0.25, -0.2) is 9.36 Å². The van der Waals surface area contributed by atoms with Gasteiger partial charge in [0.05, 0.1) is 64.1 Å². The predicted molar refractivity (Wildman–Crippen MR) is 133 cm³/mol. The molecule has 0 aromatic carbocycles. The zero-order valence-electron chi connectivity index (χ0n) is 21.6. The number of nitrogens with zero attached hydrogens (tertiary/aromatic N) is 6. The topological polar surface area (TPSA) is 274 Å². The largest absolute Gasteiger partial charge is 0.389 e. The fraction of sp³-hybridized carbons (Fsp3) is 0.818. The summed E-state index contributed by atoms with van der Waals surface area (Å²) in [6, 6.07) is -2.17. The molecule has 2 heterocycles. The van der Waals surface area contributed by atoms with E-state index in [2.05, 4.69) is 20.6 Å². The second-order valence-electron chi connectivity index (χ2n) is 10.2. The number of aliphatic hydroxyl groups excluding tert-OH is 4. The van der Waals surface area contributed by atoms with E-state index in [9.17, 15) is 20.4 Å². The van der Waals surface area contributed by atoms with Crippen molar-refractivity contribution in [2.24, 2.45) is 22.9 Å². The zero-order chi connectivity index (χ0) is 28.1. The number of hydrogen-bond acceptors (Lipinski definition) is 15. The van der Waals surface area contributed by atoms with Gasteiger partial charge in [-0.2, -0.15) is 0 Å². The maximum Gasteiger partial charge on any atom is 0.109 e. The predicted octanol–water partition coefficient (Wildman–Crippen LogP) is -5.08. The van der Waals surface area contributed by atoms with Crippen molar-refractivity contribution in [3.05, 3.63) is 23.8 Å². The Hall–Kier alpha value is -2.16. The summed E-state index contributed by atoms with van der Waals surface area (Å²) in [6.07, 6.45) is -1.92. The van der Waals surface area contributed by atoms with E-state index in [1.807, 2.05) is 0 Å². The molecule has 10 atom stereocenters. The van der Waals surface area contributed by atoms with Crippen LogP contribution in [0.25, 0.3) is 0 Å². The third kappa shape index (κ3) is 7.53. The Morgan fingerprint density at radius 3 is 1.49 bits per heavy atom. The number of aromatic nitrogens is 6. The van der Waals surface area contributed by atoms with Gasteiger partial charge in [0, 0.05) is 24.2 Å². The van der Waals surface area contributed by atoms with Crippen LogP contribution in [0.1, 0.15) is 24.2 Å². The van der Waals surface area contributed by atoms with Crippen LogP contribution in [0.2, 0.25) is 0 Å². The van der Waals surface area contributed by atoms with E-state index >= 15 is 0 Å². The first-order chi connectivity index (χ1) is 18.6. The van der Waals surface area contributed by atoms with Gasteiger partial charge in [0.15, 0.2) is 0 Å². The van der Waals surface area contributed by atoms with E-state index in [1.54, 1.807) is 21.8 Å². The van der Waals surface area contributed by atoms with Crippen LogP contribution in [-0.2, 0) is 40.5 Å². The Kier molecular flexibility index (Phi) is 10.3. The first-order valence-corrected chi connectivity index (χ1v) is 13.0. The molecule has 2 saturated carbocycles. The molecule has 0 unspecified atom stereocenters. The van der Waals surface area contributed by atoms with Crippen molar-refractivity contribution in [2.45, 2.75) is 99.9 Å². The smallest absolute Gasteiger partial charge is 0.109 e. The Balaban J connectivity index is 1.12. The number of ether oxygens (including phenoxy) is 3. The fourth-order valence-electron chi connectivity index (χ4n) is 4.83. The standard InChI is InChI=1S/C22H40N10O7/c23-13-5-15(25)21(19(35)17(13)33)38-9-11-7-31(29-27-11)1-3-37-4-2-32-8-12(28-30-32)10-39-22-16(26)6-14(24)18(34)20(22)36/h7-8,13-22,33-36H,1-6,9-10,23-26H2/t13-,14-,15+,16+,17+,18+,19-,20-,21-,22-/m1/s1. The van der Waals surface area contributed by atoms with Gasteiger partial charge in [-0.3, -0.25) is 0 Å². The lowest BCUT2D eigenvalue weighted by atomic mass is 9.85. The minimum Gasteiger partial charge on any atom is -0.389 e. The van der Waals surface area contributed by atoms with Crippen LogP contribution in [0.4, 0.5) is 0 Å². The van der Waals surface area contributed by atoms with Crippen LogP contribution in [-0.4, -0.2) is 124 Å². The molecule has 0 bridgehead atoms. The van der Waals surface area contributed by atoms with E-state index in [0.29, 0.717) is 50.5 Å². The average Bonchev–Trinajstić information content (AvgIpc) is 3.55. The maximum atomic E-state index is 10.2.